The van der Waals surface area contributed by atoms with Crippen LogP contribution in [0.3, 0.4) is 0 Å². The van der Waals surface area contributed by atoms with Gasteiger partial charge in [-0.3, -0.25) is 4.99 Å². The van der Waals surface area contributed by atoms with Crippen molar-refractivity contribution in [2.45, 2.75) is 19.0 Å². The molecule has 2 aliphatic rings. The predicted molar refractivity (Wildman–Crippen MR) is 175 cm³/mol. The number of thiophene rings is 1. The summed E-state index contributed by atoms with van der Waals surface area (Å²) in [7, 11) is 0. The van der Waals surface area contributed by atoms with Crippen molar-refractivity contribution in [3.05, 3.63) is 142 Å². The van der Waals surface area contributed by atoms with Crippen LogP contribution in [0.25, 0.3) is 59.6 Å². The molecular weight excluding hydrogens is 532 g/mol. The molecule has 4 heteroatoms. The van der Waals surface area contributed by atoms with Crippen LogP contribution in [-0.2, 0) is 0 Å². The topological polar surface area (TPSA) is 37.5 Å². The monoisotopic (exact) mass is 558 g/mol. The number of hydrogen-bond acceptors (Lipinski definition) is 4. The Bertz CT molecular complexity index is 2410. The molecule has 0 radical (unpaired) electrons. The number of hydrogen-bond donors (Lipinski definition) is 1. The molecule has 1 N–H and O–H groups in total. The Morgan fingerprint density at radius 1 is 0.762 bits per heavy atom. The van der Waals surface area contributed by atoms with E-state index in [-0.39, 0.29) is 6.17 Å². The third-order valence-corrected chi connectivity index (χ3v) is 9.70. The maximum atomic E-state index is 6.69. The molecule has 2 aromatic heterocycles. The van der Waals surface area contributed by atoms with Crippen LogP contribution in [-0.4, -0.2) is 6.17 Å². The van der Waals surface area contributed by atoms with Crippen molar-refractivity contribution in [1.29, 1.82) is 0 Å². The zero-order valence-electron chi connectivity index (χ0n) is 22.8. The molecule has 200 valence electrons. The van der Waals surface area contributed by atoms with E-state index in [1.165, 1.54) is 31.0 Å². The number of furan rings is 1. The third-order valence-electron chi connectivity index (χ3n) is 8.53. The first-order valence-electron chi connectivity index (χ1n) is 14.5. The van der Waals surface area contributed by atoms with Gasteiger partial charge in [0.2, 0.25) is 0 Å². The fourth-order valence-electron chi connectivity index (χ4n) is 6.53. The van der Waals surface area contributed by atoms with Crippen molar-refractivity contribution in [3.63, 3.8) is 0 Å². The molecule has 0 amide bonds. The first kappa shape index (κ1) is 23.7. The normalized spacial score (nSPS) is 16.5. The van der Waals surface area contributed by atoms with E-state index in [9.17, 15) is 0 Å². The molecule has 0 fully saturated rings. The fraction of sp³-hybridized carbons (Fsp3) is 0.0789. The van der Waals surface area contributed by atoms with Crippen LogP contribution in [0.1, 0.15) is 18.4 Å². The molecule has 1 atom stereocenters. The molecule has 5 aromatic carbocycles. The van der Waals surface area contributed by atoms with E-state index < -0.39 is 0 Å². The minimum absolute atomic E-state index is 0.136. The molecule has 0 saturated carbocycles. The molecule has 7 aromatic rings. The Hall–Kier alpha value is -4.93. The standard InChI is InChI=1S/C38H26N2OS/c1-2-11-24(12-3-1)38-39-34-28-14-6-7-19-32(28)42-37(34)35(40-38)29-16-9-18-31-33(29)30-17-8-15-27(36(30)41-31)26-21-20-23-10-4-5-13-25(23)22-26/h2,4-22,38,40H,1,3H2. The Morgan fingerprint density at radius 3 is 2.52 bits per heavy atom. The lowest BCUT2D eigenvalue weighted by molar-refractivity contribution is 0.669. The molecule has 0 bridgehead atoms. The number of nitrogens with one attached hydrogen (secondary N) is 1. The zero-order chi connectivity index (χ0) is 27.6. The highest BCUT2D eigenvalue weighted by molar-refractivity contribution is 7.17. The number of rotatable bonds is 3. The van der Waals surface area contributed by atoms with Gasteiger partial charge in [0, 0.05) is 32.0 Å². The minimum atomic E-state index is -0.136. The van der Waals surface area contributed by atoms with Gasteiger partial charge in [-0.2, -0.15) is 0 Å². The molecule has 9 rings (SSSR count). The van der Waals surface area contributed by atoms with Gasteiger partial charge in [-0.25, -0.2) is 0 Å². The molecular formula is C38H26N2OS. The fourth-order valence-corrected chi connectivity index (χ4v) is 7.70. The van der Waals surface area contributed by atoms with Gasteiger partial charge >= 0.3 is 0 Å². The lowest BCUT2D eigenvalue weighted by Gasteiger charge is -2.24. The van der Waals surface area contributed by atoms with Gasteiger partial charge in [0.15, 0.2) is 0 Å². The second kappa shape index (κ2) is 9.30. The molecule has 0 saturated heterocycles. The summed E-state index contributed by atoms with van der Waals surface area (Å²) in [4.78, 5) is 5.28. The second-order valence-electron chi connectivity index (χ2n) is 11.0. The van der Waals surface area contributed by atoms with E-state index in [0.29, 0.717) is 0 Å². The van der Waals surface area contributed by atoms with Gasteiger partial charge in [-0.15, -0.1) is 11.3 Å². The summed E-state index contributed by atoms with van der Waals surface area (Å²) in [6, 6.07) is 36.7. The van der Waals surface area contributed by atoms with Crippen molar-refractivity contribution in [2.24, 2.45) is 4.99 Å². The molecule has 3 nitrogen and oxygen atoms in total. The van der Waals surface area contributed by atoms with Crippen LogP contribution < -0.4 is 15.2 Å². The summed E-state index contributed by atoms with van der Waals surface area (Å²) in [5, 5.41) is 10.9. The molecule has 42 heavy (non-hydrogen) atoms. The second-order valence-corrected chi connectivity index (χ2v) is 12.1. The maximum absolute atomic E-state index is 6.69. The van der Waals surface area contributed by atoms with Crippen LogP contribution >= 0.6 is 11.3 Å². The number of allylic oxidation sites excluding steroid dienone is 2. The van der Waals surface area contributed by atoms with Crippen LogP contribution in [0.15, 0.2) is 136 Å². The Kier molecular flexibility index (Phi) is 5.26. The van der Waals surface area contributed by atoms with Gasteiger partial charge in [-0.1, -0.05) is 103 Å². The zero-order valence-corrected chi connectivity index (χ0v) is 23.6. The van der Waals surface area contributed by atoms with Gasteiger partial charge in [-0.05, 0) is 52.9 Å². The molecule has 1 aliphatic carbocycles. The molecule has 1 aliphatic heterocycles. The molecule has 3 heterocycles. The average Bonchev–Trinajstić information content (AvgIpc) is 3.63. The summed E-state index contributed by atoms with van der Waals surface area (Å²) < 4.78 is 9.12. The SMILES string of the molecule is C1=CC(C2N=c3c(sc4ccccc34)=C(c3cccc4oc5c(-c6ccc7ccccc7c6)cccc5c34)N2)=CCC1. The van der Waals surface area contributed by atoms with E-state index >= 15 is 0 Å². The van der Waals surface area contributed by atoms with E-state index in [1.54, 1.807) is 0 Å². The van der Waals surface area contributed by atoms with Crippen molar-refractivity contribution in [3.8, 4) is 11.1 Å². The smallest absolute Gasteiger partial charge is 0.145 e. The van der Waals surface area contributed by atoms with E-state index in [2.05, 4.69) is 127 Å². The van der Waals surface area contributed by atoms with Crippen molar-refractivity contribution < 1.29 is 4.42 Å². The largest absolute Gasteiger partial charge is 0.455 e. The van der Waals surface area contributed by atoms with E-state index in [1.807, 2.05) is 11.3 Å². The quantitative estimate of drug-likeness (QED) is 0.236. The number of fused-ring (bicyclic) bond motifs is 7. The predicted octanol–water partition coefficient (Wildman–Crippen LogP) is 8.60. The Morgan fingerprint density at radius 2 is 1.60 bits per heavy atom. The highest BCUT2D eigenvalue weighted by Gasteiger charge is 2.24. The lowest BCUT2D eigenvalue weighted by atomic mass is 9.97. The molecule has 0 spiro atoms. The number of benzene rings is 5. The Balaban J connectivity index is 1.31. The van der Waals surface area contributed by atoms with Crippen LogP contribution in [0.5, 0.6) is 0 Å². The van der Waals surface area contributed by atoms with Crippen molar-refractivity contribution >= 4 is 59.8 Å². The Labute approximate surface area is 246 Å². The molecule has 1 unspecified atom stereocenters. The maximum Gasteiger partial charge on any atom is 0.145 e. The summed E-state index contributed by atoms with van der Waals surface area (Å²) in [6.07, 6.45) is 8.80. The average molecular weight is 559 g/mol. The van der Waals surface area contributed by atoms with Gasteiger partial charge < -0.3 is 9.73 Å². The first-order chi connectivity index (χ1) is 20.8. The van der Waals surface area contributed by atoms with Gasteiger partial charge in [0.1, 0.15) is 17.3 Å². The van der Waals surface area contributed by atoms with Crippen LogP contribution in [0.2, 0.25) is 0 Å². The van der Waals surface area contributed by atoms with Crippen molar-refractivity contribution in [2.75, 3.05) is 0 Å². The highest BCUT2D eigenvalue weighted by atomic mass is 32.1. The highest BCUT2D eigenvalue weighted by Crippen LogP contribution is 2.39. The van der Waals surface area contributed by atoms with Crippen LogP contribution in [0, 0.1) is 0 Å². The van der Waals surface area contributed by atoms with E-state index in [0.717, 1.165) is 62.5 Å². The van der Waals surface area contributed by atoms with Gasteiger partial charge in [0.25, 0.3) is 0 Å². The summed E-state index contributed by atoms with van der Waals surface area (Å²) in [5.74, 6) is 0. The van der Waals surface area contributed by atoms with Gasteiger partial charge in [0.05, 0.1) is 15.6 Å². The summed E-state index contributed by atoms with van der Waals surface area (Å²) in [6.45, 7) is 0. The third kappa shape index (κ3) is 3.62. The minimum Gasteiger partial charge on any atom is -0.455 e. The number of nitrogens with zero attached hydrogens (tertiary/aromatic N) is 1. The van der Waals surface area contributed by atoms with Crippen molar-refractivity contribution in [1.82, 2.24) is 5.32 Å². The lowest BCUT2D eigenvalue weighted by Crippen LogP contribution is -2.42. The van der Waals surface area contributed by atoms with Crippen LogP contribution in [0.4, 0.5) is 0 Å². The van der Waals surface area contributed by atoms with E-state index in [4.69, 9.17) is 9.41 Å². The number of para-hydroxylation sites is 1. The first-order valence-corrected chi connectivity index (χ1v) is 15.3. The summed E-state index contributed by atoms with van der Waals surface area (Å²) >= 11 is 1.81. The summed E-state index contributed by atoms with van der Waals surface area (Å²) in [5.41, 5.74) is 7.57.